The van der Waals surface area contributed by atoms with E-state index in [1.165, 1.54) is 25.0 Å². The third-order valence-electron chi connectivity index (χ3n) is 2.80. The minimum Gasteiger partial charge on any atom is -0.373 e. The van der Waals surface area contributed by atoms with E-state index in [0.29, 0.717) is 11.5 Å². The van der Waals surface area contributed by atoms with Crippen LogP contribution >= 0.6 is 11.8 Å². The minimum absolute atomic E-state index is 0.0961. The Bertz CT molecular complexity index is 385. The Hall–Kier alpha value is -1.23. The minimum atomic E-state index is -0.0961. The van der Waals surface area contributed by atoms with Gasteiger partial charge in [0.05, 0.1) is 0 Å². The molecule has 106 valence electrons. The Balaban J connectivity index is 2.20. The van der Waals surface area contributed by atoms with E-state index in [-0.39, 0.29) is 5.91 Å². The highest BCUT2D eigenvalue weighted by molar-refractivity contribution is 7.98. The number of rotatable bonds is 9. The van der Waals surface area contributed by atoms with Crippen LogP contribution in [0.15, 0.2) is 18.2 Å². The molecule has 0 aliphatic heterocycles. The molecule has 0 radical (unpaired) electrons. The number of hydrogen-bond donors (Lipinski definition) is 2. The monoisotopic (exact) mass is 281 g/mol. The van der Waals surface area contributed by atoms with Crippen LogP contribution in [0.5, 0.6) is 0 Å². The standard InChI is InChI=1S/C14H23N3OS/c1-15-13-9-7-8-12(17-13)14(18)16-10-5-3-4-6-11-19-2/h7-9H,3-6,10-11H2,1-2H3,(H,15,17)(H,16,18). The van der Waals surface area contributed by atoms with Gasteiger partial charge >= 0.3 is 0 Å². The summed E-state index contributed by atoms with van der Waals surface area (Å²) in [7, 11) is 1.79. The average Bonchev–Trinajstić information content (AvgIpc) is 2.46. The molecule has 0 atom stereocenters. The van der Waals surface area contributed by atoms with Crippen molar-refractivity contribution in [1.29, 1.82) is 0 Å². The van der Waals surface area contributed by atoms with Crippen LogP contribution in [0.25, 0.3) is 0 Å². The summed E-state index contributed by atoms with van der Waals surface area (Å²) in [6, 6.07) is 5.40. The molecule has 1 aromatic rings. The van der Waals surface area contributed by atoms with Gasteiger partial charge in [-0.15, -0.1) is 0 Å². The molecule has 5 heteroatoms. The maximum atomic E-state index is 11.8. The van der Waals surface area contributed by atoms with E-state index < -0.39 is 0 Å². The van der Waals surface area contributed by atoms with Crippen molar-refractivity contribution in [2.45, 2.75) is 25.7 Å². The number of unbranched alkanes of at least 4 members (excludes halogenated alkanes) is 3. The largest absolute Gasteiger partial charge is 0.373 e. The van der Waals surface area contributed by atoms with Gasteiger partial charge in [-0.1, -0.05) is 18.9 Å². The van der Waals surface area contributed by atoms with Gasteiger partial charge in [0.25, 0.3) is 5.91 Å². The van der Waals surface area contributed by atoms with Crippen molar-refractivity contribution in [3.63, 3.8) is 0 Å². The van der Waals surface area contributed by atoms with Crippen LogP contribution in [0, 0.1) is 0 Å². The topological polar surface area (TPSA) is 54.0 Å². The Morgan fingerprint density at radius 2 is 2.05 bits per heavy atom. The molecule has 19 heavy (non-hydrogen) atoms. The highest BCUT2D eigenvalue weighted by atomic mass is 32.2. The van der Waals surface area contributed by atoms with Gasteiger partial charge in [0.2, 0.25) is 0 Å². The third-order valence-corrected chi connectivity index (χ3v) is 3.50. The Labute approximate surface area is 119 Å². The molecule has 1 aromatic heterocycles. The van der Waals surface area contributed by atoms with Crippen molar-refractivity contribution in [2.75, 3.05) is 30.9 Å². The Morgan fingerprint density at radius 3 is 2.79 bits per heavy atom. The summed E-state index contributed by atoms with van der Waals surface area (Å²) >= 11 is 1.89. The molecule has 0 unspecified atom stereocenters. The van der Waals surface area contributed by atoms with Gasteiger partial charge in [0.15, 0.2) is 0 Å². The number of thioether (sulfide) groups is 1. The average molecular weight is 281 g/mol. The summed E-state index contributed by atoms with van der Waals surface area (Å²) in [5, 5.41) is 5.83. The predicted molar refractivity (Wildman–Crippen MR) is 83.0 cm³/mol. The molecule has 2 N–H and O–H groups in total. The van der Waals surface area contributed by atoms with Crippen LogP contribution in [0.2, 0.25) is 0 Å². The van der Waals surface area contributed by atoms with Crippen molar-refractivity contribution in [1.82, 2.24) is 10.3 Å². The van der Waals surface area contributed by atoms with Crippen LogP contribution in [-0.4, -0.2) is 36.5 Å². The van der Waals surface area contributed by atoms with E-state index in [1.54, 1.807) is 13.1 Å². The molecule has 0 fully saturated rings. The fraction of sp³-hybridized carbons (Fsp3) is 0.571. The number of aromatic nitrogens is 1. The number of anilines is 1. The van der Waals surface area contributed by atoms with E-state index in [4.69, 9.17) is 0 Å². The molecule has 0 aromatic carbocycles. The SMILES string of the molecule is CNc1cccc(C(=O)NCCCCCCSC)n1. The predicted octanol–water partition coefficient (Wildman–Crippen LogP) is 2.78. The van der Waals surface area contributed by atoms with Crippen LogP contribution in [0.3, 0.4) is 0 Å². The molecule has 0 saturated carbocycles. The van der Waals surface area contributed by atoms with Crippen molar-refractivity contribution in [2.24, 2.45) is 0 Å². The zero-order valence-electron chi connectivity index (χ0n) is 11.7. The zero-order chi connectivity index (χ0) is 13.9. The van der Waals surface area contributed by atoms with E-state index in [1.807, 2.05) is 23.9 Å². The van der Waals surface area contributed by atoms with Gasteiger partial charge in [0, 0.05) is 13.6 Å². The van der Waals surface area contributed by atoms with Crippen LogP contribution in [-0.2, 0) is 0 Å². The van der Waals surface area contributed by atoms with Crippen molar-refractivity contribution in [3.05, 3.63) is 23.9 Å². The summed E-state index contributed by atoms with van der Waals surface area (Å²) in [4.78, 5) is 16.0. The van der Waals surface area contributed by atoms with E-state index in [2.05, 4.69) is 21.9 Å². The number of nitrogens with zero attached hydrogens (tertiary/aromatic N) is 1. The second-order valence-corrected chi connectivity index (χ2v) is 5.31. The van der Waals surface area contributed by atoms with Gasteiger partial charge in [0.1, 0.15) is 11.5 Å². The lowest BCUT2D eigenvalue weighted by Gasteiger charge is -2.06. The van der Waals surface area contributed by atoms with Gasteiger partial charge in [-0.05, 0) is 37.0 Å². The summed E-state index contributed by atoms with van der Waals surface area (Å²) in [5.41, 5.74) is 0.467. The van der Waals surface area contributed by atoms with Gasteiger partial charge in [-0.2, -0.15) is 11.8 Å². The number of carbonyl (C=O) groups is 1. The number of pyridine rings is 1. The maximum Gasteiger partial charge on any atom is 0.269 e. The number of hydrogen-bond acceptors (Lipinski definition) is 4. The van der Waals surface area contributed by atoms with E-state index in [9.17, 15) is 4.79 Å². The maximum absolute atomic E-state index is 11.8. The summed E-state index contributed by atoms with van der Waals surface area (Å²) in [5.74, 6) is 1.85. The second-order valence-electron chi connectivity index (χ2n) is 4.32. The summed E-state index contributed by atoms with van der Waals surface area (Å²) in [6.45, 7) is 0.726. The van der Waals surface area contributed by atoms with Crippen molar-refractivity contribution < 1.29 is 4.79 Å². The van der Waals surface area contributed by atoms with Gasteiger partial charge in [-0.25, -0.2) is 4.98 Å². The Kier molecular flexibility index (Phi) is 8.05. The molecular weight excluding hydrogens is 258 g/mol. The summed E-state index contributed by atoms with van der Waals surface area (Å²) in [6.07, 6.45) is 6.84. The normalized spacial score (nSPS) is 10.2. The lowest BCUT2D eigenvalue weighted by molar-refractivity contribution is 0.0948. The van der Waals surface area contributed by atoms with Gasteiger partial charge in [-0.3, -0.25) is 4.79 Å². The van der Waals surface area contributed by atoms with Gasteiger partial charge < -0.3 is 10.6 Å². The molecule has 1 rings (SSSR count). The lowest BCUT2D eigenvalue weighted by atomic mass is 10.2. The first-order valence-corrected chi connectivity index (χ1v) is 8.09. The number of carbonyl (C=O) groups excluding carboxylic acids is 1. The summed E-state index contributed by atoms with van der Waals surface area (Å²) < 4.78 is 0. The van der Waals surface area contributed by atoms with Crippen molar-refractivity contribution in [3.8, 4) is 0 Å². The smallest absolute Gasteiger partial charge is 0.269 e. The second kappa shape index (κ2) is 9.67. The fourth-order valence-electron chi connectivity index (χ4n) is 1.72. The quantitative estimate of drug-likeness (QED) is 0.683. The van der Waals surface area contributed by atoms with Crippen LogP contribution < -0.4 is 10.6 Å². The van der Waals surface area contributed by atoms with Crippen LogP contribution in [0.4, 0.5) is 5.82 Å². The molecule has 0 aliphatic carbocycles. The highest BCUT2D eigenvalue weighted by Crippen LogP contribution is 2.05. The van der Waals surface area contributed by atoms with Crippen LogP contribution in [0.1, 0.15) is 36.2 Å². The third kappa shape index (κ3) is 6.47. The first-order chi connectivity index (χ1) is 9.27. The Morgan fingerprint density at radius 1 is 1.26 bits per heavy atom. The number of nitrogens with one attached hydrogen (secondary N) is 2. The molecule has 0 saturated heterocycles. The first-order valence-electron chi connectivity index (χ1n) is 6.70. The molecule has 0 bridgehead atoms. The fourth-order valence-corrected chi connectivity index (χ4v) is 2.21. The first kappa shape index (κ1) is 15.8. The zero-order valence-corrected chi connectivity index (χ0v) is 12.6. The van der Waals surface area contributed by atoms with Crippen molar-refractivity contribution >= 4 is 23.5 Å². The number of amides is 1. The molecule has 1 heterocycles. The highest BCUT2D eigenvalue weighted by Gasteiger charge is 2.06. The molecule has 4 nitrogen and oxygen atoms in total. The van der Waals surface area contributed by atoms with E-state index >= 15 is 0 Å². The lowest BCUT2D eigenvalue weighted by Crippen LogP contribution is -2.25. The molecule has 1 amide bonds. The molecule has 0 spiro atoms. The molecule has 0 aliphatic rings. The molecular formula is C14H23N3OS. The van der Waals surface area contributed by atoms with E-state index in [0.717, 1.165) is 13.0 Å².